The summed E-state index contributed by atoms with van der Waals surface area (Å²) in [5.41, 5.74) is 0. The molecule has 0 aromatic carbocycles. The number of carbonyl (C=O) groups excluding carboxylic acids is 1. The molecule has 0 spiro atoms. The van der Waals surface area contributed by atoms with Crippen molar-refractivity contribution >= 4 is 5.91 Å². The molecule has 64 valence electrons. The maximum Gasteiger partial charge on any atom is 0.222 e. The first-order valence-electron chi connectivity index (χ1n) is 2.94. The van der Waals surface area contributed by atoms with E-state index in [4.69, 9.17) is 0 Å². The molecule has 0 aromatic heterocycles. The van der Waals surface area contributed by atoms with Gasteiger partial charge >= 0.3 is 0 Å². The van der Waals surface area contributed by atoms with Gasteiger partial charge in [-0.1, -0.05) is 28.7 Å². The summed E-state index contributed by atoms with van der Waals surface area (Å²) in [5, 5.41) is 2.58. The van der Waals surface area contributed by atoms with E-state index in [2.05, 4.69) is 5.32 Å². The molecule has 1 N–H and O–H groups in total. The molecule has 10 heavy (non-hydrogen) atoms. The molecule has 0 aliphatic heterocycles. The first-order valence-corrected chi connectivity index (χ1v) is 2.94. The molecule has 1 unspecified atom stereocenters. The van der Waals surface area contributed by atoms with Gasteiger partial charge in [-0.15, -0.1) is 0 Å². The van der Waals surface area contributed by atoms with Crippen molar-refractivity contribution in [2.45, 2.75) is 35.1 Å². The first kappa shape index (κ1) is 16.2. The van der Waals surface area contributed by atoms with Gasteiger partial charge in [-0.25, -0.2) is 0 Å². The minimum atomic E-state index is 0. The smallest absolute Gasteiger partial charge is 0.222 e. The van der Waals surface area contributed by atoms with Crippen LogP contribution in [-0.2, 0) is 4.79 Å². The predicted molar refractivity (Wildman–Crippen MR) is 47.0 cm³/mol. The molecule has 1 amide bonds. The predicted octanol–water partition coefficient (Wildman–Crippen LogP) is 2.05. The van der Waals surface area contributed by atoms with E-state index in [0.717, 1.165) is 6.42 Å². The lowest BCUT2D eigenvalue weighted by atomic mass is 10.1. The highest BCUT2D eigenvalue weighted by Gasteiger charge is 2.05. The summed E-state index contributed by atoms with van der Waals surface area (Å²) in [6, 6.07) is 0. The summed E-state index contributed by atoms with van der Waals surface area (Å²) >= 11 is 0. The number of hydrogen-bond donors (Lipinski definition) is 1. The van der Waals surface area contributed by atoms with E-state index in [-0.39, 0.29) is 26.7 Å². The van der Waals surface area contributed by atoms with Gasteiger partial charge in [0.1, 0.15) is 0 Å². The summed E-state index contributed by atoms with van der Waals surface area (Å²) in [7, 11) is 1.66. The van der Waals surface area contributed by atoms with Crippen LogP contribution in [0.3, 0.4) is 0 Å². The Hall–Kier alpha value is -0.530. The summed E-state index contributed by atoms with van der Waals surface area (Å²) in [6.45, 7) is 3.92. The molecule has 0 aliphatic rings. The molecule has 2 heteroatoms. The van der Waals surface area contributed by atoms with Crippen molar-refractivity contribution in [1.29, 1.82) is 0 Å². The summed E-state index contributed by atoms with van der Waals surface area (Å²) in [6.07, 6.45) is 0.916. The molecule has 0 rings (SSSR count). The molecule has 0 bridgehead atoms. The van der Waals surface area contributed by atoms with Crippen LogP contribution >= 0.6 is 0 Å². The lowest BCUT2D eigenvalue weighted by Crippen LogP contribution is -2.24. The van der Waals surface area contributed by atoms with E-state index in [1.54, 1.807) is 7.05 Å². The summed E-state index contributed by atoms with van der Waals surface area (Å²) < 4.78 is 0. The molecule has 0 fully saturated rings. The summed E-state index contributed by atoms with van der Waals surface area (Å²) in [4.78, 5) is 10.6. The number of rotatable bonds is 2. The van der Waals surface area contributed by atoms with Gasteiger partial charge < -0.3 is 5.32 Å². The molecule has 0 saturated heterocycles. The van der Waals surface area contributed by atoms with Crippen LogP contribution < -0.4 is 5.32 Å². The zero-order chi connectivity index (χ0) is 6.57. The van der Waals surface area contributed by atoms with Gasteiger partial charge in [-0.05, 0) is 6.42 Å². The molecule has 0 aromatic rings. The molecule has 1 atom stereocenters. The van der Waals surface area contributed by atoms with Crippen molar-refractivity contribution in [3.63, 3.8) is 0 Å². The minimum Gasteiger partial charge on any atom is -0.359 e. The largest absolute Gasteiger partial charge is 0.359 e. The fourth-order valence-corrected chi connectivity index (χ4v) is 0.432. The van der Waals surface area contributed by atoms with Gasteiger partial charge in [0.2, 0.25) is 5.91 Å². The van der Waals surface area contributed by atoms with Crippen molar-refractivity contribution in [2.24, 2.45) is 5.92 Å². The monoisotopic (exact) mass is 147 g/mol. The Morgan fingerprint density at radius 3 is 2.00 bits per heavy atom. The number of nitrogens with one attached hydrogen (secondary N) is 1. The first-order chi connectivity index (χ1) is 3.72. The van der Waals surface area contributed by atoms with E-state index >= 15 is 0 Å². The molecular weight excluding hydrogens is 126 g/mol. The Morgan fingerprint density at radius 2 is 1.90 bits per heavy atom. The fraction of sp³-hybridized carbons (Fsp3) is 0.875. The van der Waals surface area contributed by atoms with Crippen LogP contribution in [-0.4, -0.2) is 13.0 Å². The maximum absolute atomic E-state index is 10.6. The third-order valence-electron chi connectivity index (χ3n) is 1.31. The normalized spacial score (nSPS) is 10.3. The molecule has 0 saturated carbocycles. The standard InChI is InChI=1S/C6H13NO.2CH4/c1-4-5(2)6(8)7-3;;/h5H,4H2,1-3H3,(H,7,8);2*1H4. The average molecular weight is 147 g/mol. The van der Waals surface area contributed by atoms with Gasteiger partial charge in [0.25, 0.3) is 0 Å². The Balaban J connectivity index is -0.000000245. The quantitative estimate of drug-likeness (QED) is 0.636. The van der Waals surface area contributed by atoms with Crippen LogP contribution in [0.2, 0.25) is 0 Å². The van der Waals surface area contributed by atoms with E-state index in [0.29, 0.717) is 0 Å². The second-order valence-corrected chi connectivity index (χ2v) is 1.92. The topological polar surface area (TPSA) is 29.1 Å². The number of hydrogen-bond acceptors (Lipinski definition) is 1. The number of carbonyl (C=O) groups is 1. The van der Waals surface area contributed by atoms with Crippen LogP contribution in [0, 0.1) is 5.92 Å². The summed E-state index contributed by atoms with van der Waals surface area (Å²) in [5.74, 6) is 0.299. The molecule has 0 heterocycles. The zero-order valence-corrected chi connectivity index (χ0v) is 5.69. The highest BCUT2D eigenvalue weighted by Crippen LogP contribution is 1.97. The van der Waals surface area contributed by atoms with Crippen molar-refractivity contribution in [3.05, 3.63) is 0 Å². The molecule has 0 aliphatic carbocycles. The van der Waals surface area contributed by atoms with Crippen LogP contribution in [0.5, 0.6) is 0 Å². The third kappa shape index (κ3) is 5.60. The Kier molecular flexibility index (Phi) is 13.7. The van der Waals surface area contributed by atoms with Crippen LogP contribution in [0.1, 0.15) is 35.1 Å². The lowest BCUT2D eigenvalue weighted by molar-refractivity contribution is -0.124. The van der Waals surface area contributed by atoms with Crippen LogP contribution in [0.15, 0.2) is 0 Å². The van der Waals surface area contributed by atoms with Gasteiger partial charge in [-0.3, -0.25) is 4.79 Å². The zero-order valence-electron chi connectivity index (χ0n) is 5.69. The second kappa shape index (κ2) is 8.47. The SMILES string of the molecule is C.C.CCC(C)C(=O)NC. The van der Waals surface area contributed by atoms with Gasteiger partial charge in [0.15, 0.2) is 0 Å². The van der Waals surface area contributed by atoms with Gasteiger partial charge in [0.05, 0.1) is 0 Å². The second-order valence-electron chi connectivity index (χ2n) is 1.92. The van der Waals surface area contributed by atoms with Gasteiger partial charge in [-0.2, -0.15) is 0 Å². The Labute approximate surface area is 65.0 Å². The lowest BCUT2D eigenvalue weighted by Gasteiger charge is -2.03. The third-order valence-corrected chi connectivity index (χ3v) is 1.31. The van der Waals surface area contributed by atoms with Crippen molar-refractivity contribution in [1.82, 2.24) is 5.32 Å². The Morgan fingerprint density at radius 1 is 1.50 bits per heavy atom. The minimum absolute atomic E-state index is 0. The van der Waals surface area contributed by atoms with E-state index in [1.807, 2.05) is 13.8 Å². The number of amides is 1. The van der Waals surface area contributed by atoms with Crippen molar-refractivity contribution < 1.29 is 4.79 Å². The van der Waals surface area contributed by atoms with Crippen molar-refractivity contribution in [3.8, 4) is 0 Å². The molecule has 2 nitrogen and oxygen atoms in total. The maximum atomic E-state index is 10.6. The molecule has 0 radical (unpaired) electrons. The van der Waals surface area contributed by atoms with E-state index in [9.17, 15) is 4.79 Å². The average Bonchev–Trinajstić information content (AvgIpc) is 1.84. The van der Waals surface area contributed by atoms with E-state index < -0.39 is 0 Å². The highest BCUT2D eigenvalue weighted by molar-refractivity contribution is 5.77. The Bertz CT molecular complexity index is 81.3. The highest BCUT2D eigenvalue weighted by atomic mass is 16.1. The molecular formula is C8H21NO. The van der Waals surface area contributed by atoms with Crippen molar-refractivity contribution in [2.75, 3.05) is 7.05 Å². The van der Waals surface area contributed by atoms with Gasteiger partial charge in [0, 0.05) is 13.0 Å². The van der Waals surface area contributed by atoms with Crippen LogP contribution in [0.4, 0.5) is 0 Å². The van der Waals surface area contributed by atoms with Crippen LogP contribution in [0.25, 0.3) is 0 Å². The fourth-order valence-electron chi connectivity index (χ4n) is 0.432. The van der Waals surface area contributed by atoms with E-state index in [1.165, 1.54) is 0 Å².